The van der Waals surface area contributed by atoms with Crippen LogP contribution in [0.2, 0.25) is 0 Å². The van der Waals surface area contributed by atoms with Crippen LogP contribution in [0.1, 0.15) is 38.3 Å². The van der Waals surface area contributed by atoms with Crippen molar-refractivity contribution in [2.24, 2.45) is 5.92 Å². The Hall–Kier alpha value is -1.53. The van der Waals surface area contributed by atoms with Crippen LogP contribution in [0.5, 0.6) is 0 Å². The van der Waals surface area contributed by atoms with Crippen molar-refractivity contribution < 1.29 is 18.0 Å². The number of nitrogens with zero attached hydrogens (tertiary/aromatic N) is 3. The van der Waals surface area contributed by atoms with Crippen molar-refractivity contribution in [3.8, 4) is 0 Å². The number of rotatable bonds is 3. The van der Waals surface area contributed by atoms with Gasteiger partial charge in [0.1, 0.15) is 6.54 Å². The van der Waals surface area contributed by atoms with E-state index < -0.39 is 11.9 Å². The molecule has 1 aromatic heterocycles. The van der Waals surface area contributed by atoms with Crippen molar-refractivity contribution in [2.45, 2.75) is 51.4 Å². The highest BCUT2D eigenvalue weighted by atomic mass is 19.4. The first-order chi connectivity index (χ1) is 9.79. The third kappa shape index (κ3) is 3.77. The van der Waals surface area contributed by atoms with Crippen molar-refractivity contribution in [3.05, 3.63) is 18.0 Å². The number of carbonyl (C=O) groups excluding carboxylic acids is 1. The Balaban J connectivity index is 1.99. The topological polar surface area (TPSA) is 38.1 Å². The van der Waals surface area contributed by atoms with Gasteiger partial charge in [0.2, 0.25) is 5.91 Å². The zero-order valence-corrected chi connectivity index (χ0v) is 12.2. The molecule has 1 aliphatic carbocycles. The Morgan fingerprint density at radius 3 is 2.67 bits per heavy atom. The number of carbonyl (C=O) groups is 1. The number of halogens is 3. The fourth-order valence-corrected chi connectivity index (χ4v) is 2.91. The predicted molar refractivity (Wildman–Crippen MR) is 71.4 cm³/mol. The van der Waals surface area contributed by atoms with E-state index in [1.54, 1.807) is 11.9 Å². The zero-order valence-electron chi connectivity index (χ0n) is 12.2. The molecule has 0 bridgehead atoms. The summed E-state index contributed by atoms with van der Waals surface area (Å²) >= 11 is 0. The second-order valence-corrected chi connectivity index (χ2v) is 5.73. The van der Waals surface area contributed by atoms with E-state index in [4.69, 9.17) is 0 Å². The van der Waals surface area contributed by atoms with Crippen molar-refractivity contribution in [2.75, 3.05) is 7.05 Å². The summed E-state index contributed by atoms with van der Waals surface area (Å²) in [4.78, 5) is 13.9. The summed E-state index contributed by atoms with van der Waals surface area (Å²) in [6.07, 6.45) is 1.02. The van der Waals surface area contributed by atoms with E-state index in [1.807, 2.05) is 0 Å². The highest BCUT2D eigenvalue weighted by Gasteiger charge is 2.34. The van der Waals surface area contributed by atoms with E-state index in [9.17, 15) is 18.0 Å². The quantitative estimate of drug-likeness (QED) is 0.861. The van der Waals surface area contributed by atoms with Crippen molar-refractivity contribution >= 4 is 5.91 Å². The lowest BCUT2D eigenvalue weighted by molar-refractivity contribution is -0.142. The van der Waals surface area contributed by atoms with E-state index in [-0.39, 0.29) is 18.5 Å². The summed E-state index contributed by atoms with van der Waals surface area (Å²) in [7, 11) is 1.73. The lowest BCUT2D eigenvalue weighted by Gasteiger charge is -2.36. The van der Waals surface area contributed by atoms with Crippen LogP contribution in [0.4, 0.5) is 13.2 Å². The molecule has 0 aromatic carbocycles. The molecule has 1 aliphatic rings. The predicted octanol–water partition coefficient (Wildman–Crippen LogP) is 2.94. The Kier molecular flexibility index (Phi) is 4.58. The first-order valence-corrected chi connectivity index (χ1v) is 7.15. The average Bonchev–Trinajstić information content (AvgIpc) is 2.87. The minimum atomic E-state index is -4.47. The number of hydrogen-bond donors (Lipinski definition) is 0. The second kappa shape index (κ2) is 6.07. The van der Waals surface area contributed by atoms with Gasteiger partial charge in [-0.2, -0.15) is 18.3 Å². The van der Waals surface area contributed by atoms with Gasteiger partial charge in [-0.05, 0) is 24.8 Å². The minimum absolute atomic E-state index is 0.157. The molecule has 1 heterocycles. The summed E-state index contributed by atoms with van der Waals surface area (Å²) < 4.78 is 38.5. The molecule has 0 aliphatic heterocycles. The average molecular weight is 303 g/mol. The van der Waals surface area contributed by atoms with Crippen molar-refractivity contribution in [3.63, 3.8) is 0 Å². The zero-order chi connectivity index (χ0) is 15.6. The fourth-order valence-electron chi connectivity index (χ4n) is 2.91. The highest BCUT2D eigenvalue weighted by Crippen LogP contribution is 2.28. The lowest BCUT2D eigenvalue weighted by atomic mass is 9.85. The van der Waals surface area contributed by atoms with Gasteiger partial charge >= 0.3 is 6.18 Å². The maximum atomic E-state index is 12.5. The number of aromatic nitrogens is 2. The lowest BCUT2D eigenvalue weighted by Crippen LogP contribution is -2.44. The maximum Gasteiger partial charge on any atom is 0.435 e. The molecule has 0 spiro atoms. The summed E-state index contributed by atoms with van der Waals surface area (Å²) in [5.41, 5.74) is -0.969. The molecule has 0 saturated heterocycles. The molecular formula is C14H20F3N3O. The largest absolute Gasteiger partial charge is 0.435 e. The molecule has 0 radical (unpaired) electrons. The molecule has 118 valence electrons. The third-order valence-corrected chi connectivity index (χ3v) is 4.19. The summed E-state index contributed by atoms with van der Waals surface area (Å²) in [5, 5.41) is 3.41. The fraction of sp³-hybridized carbons (Fsp3) is 0.714. The maximum absolute atomic E-state index is 12.5. The number of likely N-dealkylation sites (N-methyl/N-ethyl adjacent to an activating group) is 1. The second-order valence-electron chi connectivity index (χ2n) is 5.73. The highest BCUT2D eigenvalue weighted by molar-refractivity contribution is 5.76. The Labute approximate surface area is 121 Å². The first-order valence-electron chi connectivity index (χ1n) is 7.15. The molecule has 21 heavy (non-hydrogen) atoms. The van der Waals surface area contributed by atoms with Gasteiger partial charge in [-0.1, -0.05) is 19.8 Å². The minimum Gasteiger partial charge on any atom is -0.341 e. The molecular weight excluding hydrogens is 283 g/mol. The Morgan fingerprint density at radius 1 is 1.43 bits per heavy atom. The van der Waals surface area contributed by atoms with Gasteiger partial charge in [-0.25, -0.2) is 0 Å². The monoisotopic (exact) mass is 303 g/mol. The molecule has 0 N–H and O–H groups in total. The molecule has 4 nitrogen and oxygen atoms in total. The standard InChI is InChI=1S/C14H20F3N3O/c1-10-5-3-4-6-11(10)19(2)13(21)9-20-8-7-12(18-20)14(15,16)17/h7-8,10-11H,3-6,9H2,1-2H3. The van der Waals surface area contributed by atoms with Crippen LogP contribution >= 0.6 is 0 Å². The van der Waals surface area contributed by atoms with Gasteiger partial charge in [0.15, 0.2) is 5.69 Å². The van der Waals surface area contributed by atoms with Crippen LogP contribution in [-0.2, 0) is 17.5 Å². The van der Waals surface area contributed by atoms with E-state index in [1.165, 1.54) is 12.6 Å². The molecule has 1 amide bonds. The van der Waals surface area contributed by atoms with E-state index >= 15 is 0 Å². The van der Waals surface area contributed by atoms with Gasteiger partial charge in [-0.15, -0.1) is 0 Å². The molecule has 2 atom stereocenters. The SMILES string of the molecule is CC1CCCCC1N(C)C(=O)Cn1ccc(C(F)(F)F)n1. The smallest absolute Gasteiger partial charge is 0.341 e. The molecule has 1 saturated carbocycles. The van der Waals surface area contributed by atoms with Gasteiger partial charge in [0, 0.05) is 19.3 Å². The van der Waals surface area contributed by atoms with E-state index in [0.717, 1.165) is 30.0 Å². The van der Waals surface area contributed by atoms with Crippen molar-refractivity contribution in [1.29, 1.82) is 0 Å². The number of hydrogen-bond acceptors (Lipinski definition) is 2. The Morgan fingerprint density at radius 2 is 2.10 bits per heavy atom. The summed E-state index contributed by atoms with van der Waals surface area (Å²) in [6.45, 7) is 1.96. The molecule has 2 rings (SSSR count). The van der Waals surface area contributed by atoms with Crippen molar-refractivity contribution in [1.82, 2.24) is 14.7 Å². The van der Waals surface area contributed by atoms with Crippen LogP contribution < -0.4 is 0 Å². The third-order valence-electron chi connectivity index (χ3n) is 4.19. The van der Waals surface area contributed by atoms with E-state index in [2.05, 4.69) is 12.0 Å². The molecule has 1 aromatic rings. The number of alkyl halides is 3. The first kappa shape index (κ1) is 15.9. The summed E-state index contributed by atoms with van der Waals surface area (Å²) in [5.74, 6) is 0.224. The van der Waals surface area contributed by atoms with Crippen LogP contribution in [-0.4, -0.2) is 33.7 Å². The van der Waals surface area contributed by atoms with E-state index in [0.29, 0.717) is 5.92 Å². The van der Waals surface area contributed by atoms with Crippen LogP contribution in [0, 0.1) is 5.92 Å². The van der Waals surface area contributed by atoms with Gasteiger partial charge in [-0.3, -0.25) is 9.48 Å². The normalized spacial score (nSPS) is 23.1. The molecule has 1 fully saturated rings. The Bertz CT molecular complexity index is 498. The van der Waals surface area contributed by atoms with Crippen LogP contribution in [0.3, 0.4) is 0 Å². The molecule has 7 heteroatoms. The van der Waals surface area contributed by atoms with Gasteiger partial charge in [0.25, 0.3) is 0 Å². The van der Waals surface area contributed by atoms with Gasteiger partial charge < -0.3 is 4.90 Å². The van der Waals surface area contributed by atoms with Gasteiger partial charge in [0.05, 0.1) is 0 Å². The molecule has 2 unspecified atom stereocenters. The van der Waals surface area contributed by atoms with Crippen LogP contribution in [0.15, 0.2) is 12.3 Å². The summed E-state index contributed by atoms with van der Waals surface area (Å²) in [6, 6.07) is 1.06. The number of amides is 1. The van der Waals surface area contributed by atoms with Crippen LogP contribution in [0.25, 0.3) is 0 Å².